The van der Waals surface area contributed by atoms with Crippen molar-refractivity contribution in [2.45, 2.75) is 76.3 Å². The van der Waals surface area contributed by atoms with Crippen LogP contribution >= 0.6 is 0 Å². The normalized spacial score (nSPS) is 37.2. The van der Waals surface area contributed by atoms with Crippen LogP contribution < -0.4 is 10.6 Å². The van der Waals surface area contributed by atoms with Gasteiger partial charge in [0, 0.05) is 81.6 Å². The van der Waals surface area contributed by atoms with Crippen LogP contribution in [0.5, 0.6) is 0 Å². The van der Waals surface area contributed by atoms with Gasteiger partial charge in [-0.25, -0.2) is 0 Å². The lowest BCUT2D eigenvalue weighted by Gasteiger charge is -2.51. The molecule has 4 saturated heterocycles. The molecule has 0 saturated carbocycles. The van der Waals surface area contributed by atoms with Crippen LogP contribution in [0.4, 0.5) is 0 Å². The van der Waals surface area contributed by atoms with E-state index in [1.165, 1.54) is 32.6 Å². The van der Waals surface area contributed by atoms with Gasteiger partial charge in [-0.1, -0.05) is 0 Å². The summed E-state index contributed by atoms with van der Waals surface area (Å²) >= 11 is 0. The maximum absolute atomic E-state index is 5.99. The van der Waals surface area contributed by atoms with E-state index in [1.54, 1.807) is 0 Å². The van der Waals surface area contributed by atoms with Crippen molar-refractivity contribution in [3.05, 3.63) is 0 Å². The second-order valence-electron chi connectivity index (χ2n) is 10.8. The zero-order valence-electron chi connectivity index (χ0n) is 18.1. The van der Waals surface area contributed by atoms with Crippen LogP contribution in [0.2, 0.25) is 0 Å². The number of piperazine rings is 2. The zero-order valence-corrected chi connectivity index (χ0v) is 18.1. The molecule has 4 fully saturated rings. The third kappa shape index (κ3) is 4.36. The standard InChI is InChI=1S/C21H41N5O/c1-20(2,3)25-8-7-24-12-16(23-11-17(24)13-25)10-21(4,5)26-14-18-19(15-26)27-9-6-22-18/h16-19,22-23H,6-15H2,1-5H3. The second-order valence-corrected chi connectivity index (χ2v) is 10.8. The molecule has 0 aromatic heterocycles. The van der Waals surface area contributed by atoms with E-state index in [2.05, 4.69) is 60.0 Å². The summed E-state index contributed by atoms with van der Waals surface area (Å²) in [7, 11) is 0. The lowest BCUT2D eigenvalue weighted by Crippen LogP contribution is -2.67. The maximum Gasteiger partial charge on any atom is 0.0867 e. The highest BCUT2D eigenvalue weighted by atomic mass is 16.5. The van der Waals surface area contributed by atoms with Gasteiger partial charge in [-0.15, -0.1) is 0 Å². The molecular formula is C21H41N5O. The first-order chi connectivity index (χ1) is 12.7. The maximum atomic E-state index is 5.99. The van der Waals surface area contributed by atoms with Crippen molar-refractivity contribution in [2.75, 3.05) is 59.0 Å². The molecule has 0 aliphatic carbocycles. The molecule has 4 rings (SSSR count). The molecular weight excluding hydrogens is 338 g/mol. The number of nitrogens with zero attached hydrogens (tertiary/aromatic N) is 3. The van der Waals surface area contributed by atoms with Crippen LogP contribution in [0.25, 0.3) is 0 Å². The molecule has 6 nitrogen and oxygen atoms in total. The Balaban J connectivity index is 1.31. The van der Waals surface area contributed by atoms with Crippen molar-refractivity contribution in [2.24, 2.45) is 0 Å². The van der Waals surface area contributed by atoms with E-state index >= 15 is 0 Å². The minimum Gasteiger partial charge on any atom is -0.374 e. The Hall–Kier alpha value is -0.240. The predicted octanol–water partition coefficient (Wildman–Crippen LogP) is 0.584. The van der Waals surface area contributed by atoms with Gasteiger partial charge >= 0.3 is 0 Å². The van der Waals surface area contributed by atoms with Gasteiger partial charge in [0.05, 0.1) is 12.7 Å². The second kappa shape index (κ2) is 7.54. The van der Waals surface area contributed by atoms with Gasteiger partial charge in [-0.3, -0.25) is 14.7 Å². The smallest absolute Gasteiger partial charge is 0.0867 e. The van der Waals surface area contributed by atoms with Crippen LogP contribution in [0, 0.1) is 0 Å². The zero-order chi connectivity index (χ0) is 19.2. The predicted molar refractivity (Wildman–Crippen MR) is 110 cm³/mol. The summed E-state index contributed by atoms with van der Waals surface area (Å²) in [5, 5.41) is 7.54. The summed E-state index contributed by atoms with van der Waals surface area (Å²) in [6.45, 7) is 21.9. The first kappa shape index (κ1) is 20.0. The monoisotopic (exact) mass is 379 g/mol. The molecule has 4 atom stereocenters. The van der Waals surface area contributed by atoms with Gasteiger partial charge in [0.15, 0.2) is 0 Å². The van der Waals surface area contributed by atoms with Crippen LogP contribution in [0.3, 0.4) is 0 Å². The molecule has 2 N–H and O–H groups in total. The number of likely N-dealkylation sites (tertiary alicyclic amines) is 1. The van der Waals surface area contributed by atoms with Crippen LogP contribution in [0.15, 0.2) is 0 Å². The molecule has 156 valence electrons. The molecule has 0 aromatic carbocycles. The highest BCUT2D eigenvalue weighted by Crippen LogP contribution is 2.30. The quantitative estimate of drug-likeness (QED) is 0.748. The Kier molecular flexibility index (Phi) is 5.60. The molecule has 0 aromatic rings. The van der Waals surface area contributed by atoms with E-state index < -0.39 is 0 Å². The molecule has 0 radical (unpaired) electrons. The van der Waals surface area contributed by atoms with E-state index in [9.17, 15) is 0 Å². The SMILES string of the molecule is CC(C)(C)N1CCN2CC(CC(C)(C)N3CC4NCCOC4C3)NCC2C1. The minimum atomic E-state index is 0.208. The van der Waals surface area contributed by atoms with Crippen molar-refractivity contribution < 1.29 is 4.74 Å². The third-order valence-corrected chi connectivity index (χ3v) is 7.36. The van der Waals surface area contributed by atoms with Crippen LogP contribution in [-0.2, 0) is 4.74 Å². The lowest BCUT2D eigenvalue weighted by atomic mass is 9.90. The van der Waals surface area contributed by atoms with E-state index in [0.29, 0.717) is 24.2 Å². The molecule has 6 heteroatoms. The molecule has 4 aliphatic rings. The van der Waals surface area contributed by atoms with Crippen molar-refractivity contribution in [1.82, 2.24) is 25.3 Å². The summed E-state index contributed by atoms with van der Waals surface area (Å²) in [5.74, 6) is 0. The highest BCUT2D eigenvalue weighted by Gasteiger charge is 2.43. The molecule has 4 unspecified atom stereocenters. The summed E-state index contributed by atoms with van der Waals surface area (Å²) in [6, 6.07) is 1.78. The van der Waals surface area contributed by atoms with E-state index in [-0.39, 0.29) is 11.1 Å². The summed E-state index contributed by atoms with van der Waals surface area (Å²) in [6.07, 6.45) is 1.59. The van der Waals surface area contributed by atoms with Gasteiger partial charge < -0.3 is 15.4 Å². The summed E-state index contributed by atoms with van der Waals surface area (Å²) < 4.78 is 5.99. The van der Waals surface area contributed by atoms with Crippen molar-refractivity contribution in [3.63, 3.8) is 0 Å². The van der Waals surface area contributed by atoms with Gasteiger partial charge in [-0.05, 0) is 41.0 Å². The van der Waals surface area contributed by atoms with E-state index in [4.69, 9.17) is 4.74 Å². The van der Waals surface area contributed by atoms with Crippen LogP contribution in [0.1, 0.15) is 41.0 Å². The average molecular weight is 380 g/mol. The number of fused-ring (bicyclic) bond motifs is 2. The first-order valence-corrected chi connectivity index (χ1v) is 11.0. The lowest BCUT2D eigenvalue weighted by molar-refractivity contribution is -0.00714. The number of rotatable bonds is 3. The summed E-state index contributed by atoms with van der Waals surface area (Å²) in [5.41, 5.74) is 0.494. The fourth-order valence-corrected chi connectivity index (χ4v) is 5.54. The molecule has 0 amide bonds. The Morgan fingerprint density at radius 3 is 2.48 bits per heavy atom. The Bertz CT molecular complexity index is 505. The average Bonchev–Trinajstić information content (AvgIpc) is 3.05. The van der Waals surface area contributed by atoms with E-state index in [0.717, 1.165) is 32.8 Å². The molecule has 27 heavy (non-hydrogen) atoms. The topological polar surface area (TPSA) is 43.0 Å². The number of hydrogen-bond acceptors (Lipinski definition) is 6. The van der Waals surface area contributed by atoms with Gasteiger partial charge in [0.25, 0.3) is 0 Å². The fourth-order valence-electron chi connectivity index (χ4n) is 5.54. The van der Waals surface area contributed by atoms with Gasteiger partial charge in [-0.2, -0.15) is 0 Å². The Labute approximate surface area is 166 Å². The third-order valence-electron chi connectivity index (χ3n) is 7.36. The van der Waals surface area contributed by atoms with Gasteiger partial charge in [0.2, 0.25) is 0 Å². The number of nitrogens with one attached hydrogen (secondary N) is 2. The molecule has 0 bridgehead atoms. The minimum absolute atomic E-state index is 0.208. The number of morpholine rings is 1. The van der Waals surface area contributed by atoms with Gasteiger partial charge in [0.1, 0.15) is 0 Å². The number of hydrogen-bond donors (Lipinski definition) is 2. The highest BCUT2D eigenvalue weighted by molar-refractivity contribution is 5.01. The van der Waals surface area contributed by atoms with Crippen molar-refractivity contribution in [1.29, 1.82) is 0 Å². The first-order valence-electron chi connectivity index (χ1n) is 11.0. The number of ether oxygens (including phenoxy) is 1. The van der Waals surface area contributed by atoms with Crippen molar-refractivity contribution >= 4 is 0 Å². The van der Waals surface area contributed by atoms with Crippen LogP contribution in [-0.4, -0.2) is 109 Å². The fraction of sp³-hybridized carbons (Fsp3) is 1.00. The molecule has 4 heterocycles. The summed E-state index contributed by atoms with van der Waals surface area (Å²) in [4.78, 5) is 8.05. The largest absolute Gasteiger partial charge is 0.374 e. The Morgan fingerprint density at radius 1 is 0.926 bits per heavy atom. The Morgan fingerprint density at radius 2 is 1.74 bits per heavy atom. The van der Waals surface area contributed by atoms with Crippen molar-refractivity contribution in [3.8, 4) is 0 Å². The molecule has 0 spiro atoms. The molecule has 4 aliphatic heterocycles. The van der Waals surface area contributed by atoms with E-state index in [1.807, 2.05) is 0 Å².